The van der Waals surface area contributed by atoms with Gasteiger partial charge in [0.15, 0.2) is 10.7 Å². The molecule has 1 fully saturated rings. The van der Waals surface area contributed by atoms with Gasteiger partial charge in [0.25, 0.3) is 11.6 Å². The first-order valence-corrected chi connectivity index (χ1v) is 13.0. The van der Waals surface area contributed by atoms with Crippen LogP contribution in [0.4, 0.5) is 17.1 Å². The van der Waals surface area contributed by atoms with Crippen LogP contribution in [-0.2, 0) is 0 Å². The number of carbonyl (C=O) groups is 1. The predicted octanol–water partition coefficient (Wildman–Crippen LogP) is 5.84. The molecule has 1 saturated heterocycles. The van der Waals surface area contributed by atoms with Crippen LogP contribution in [0.2, 0.25) is 0 Å². The van der Waals surface area contributed by atoms with Gasteiger partial charge >= 0.3 is 0 Å². The fourth-order valence-electron chi connectivity index (χ4n) is 4.83. The molecule has 0 atom stereocenters. The number of nitro benzene ring substituents is 1. The van der Waals surface area contributed by atoms with E-state index in [1.165, 1.54) is 12.1 Å². The minimum absolute atomic E-state index is 0.0251. The Labute approximate surface area is 229 Å². The fourth-order valence-corrected chi connectivity index (χ4v) is 5.04. The number of amides is 1. The number of aromatic hydroxyl groups is 1. The number of rotatable bonds is 5. The second-order valence-corrected chi connectivity index (χ2v) is 10.0. The summed E-state index contributed by atoms with van der Waals surface area (Å²) in [6.45, 7) is 5.41. The summed E-state index contributed by atoms with van der Waals surface area (Å²) in [5, 5.41) is 27.7. The van der Waals surface area contributed by atoms with Crippen LogP contribution in [0, 0.1) is 24.0 Å². The molecule has 0 spiro atoms. The molecule has 39 heavy (non-hydrogen) atoms. The Bertz CT molecular complexity index is 1610. The summed E-state index contributed by atoms with van der Waals surface area (Å²) in [4.78, 5) is 30.5. The van der Waals surface area contributed by atoms with E-state index in [4.69, 9.17) is 16.6 Å². The first-order chi connectivity index (χ1) is 18.7. The van der Waals surface area contributed by atoms with Crippen molar-refractivity contribution in [1.82, 2.24) is 10.3 Å². The van der Waals surface area contributed by atoms with E-state index in [0.717, 1.165) is 43.5 Å². The third-order valence-electron chi connectivity index (χ3n) is 6.66. The molecule has 0 saturated carbocycles. The molecular formula is C28H27N5O5S. The second-order valence-electron chi connectivity index (χ2n) is 9.60. The number of nitro groups is 1. The zero-order chi connectivity index (χ0) is 27.7. The summed E-state index contributed by atoms with van der Waals surface area (Å²) in [7, 11) is 0. The van der Waals surface area contributed by atoms with Crippen LogP contribution in [0.1, 0.15) is 40.7 Å². The number of nitrogens with zero attached hydrogens (tertiary/aromatic N) is 3. The van der Waals surface area contributed by atoms with E-state index in [0.29, 0.717) is 28.0 Å². The maximum absolute atomic E-state index is 12.8. The van der Waals surface area contributed by atoms with E-state index in [-0.39, 0.29) is 28.0 Å². The summed E-state index contributed by atoms with van der Waals surface area (Å²) < 4.78 is 5.89. The van der Waals surface area contributed by atoms with Crippen molar-refractivity contribution in [3.63, 3.8) is 0 Å². The van der Waals surface area contributed by atoms with E-state index in [1.807, 2.05) is 30.9 Å². The Morgan fingerprint density at radius 2 is 1.87 bits per heavy atom. The van der Waals surface area contributed by atoms with Crippen molar-refractivity contribution in [2.75, 3.05) is 23.3 Å². The van der Waals surface area contributed by atoms with Gasteiger partial charge in [0.05, 0.1) is 10.5 Å². The number of hydrogen-bond acceptors (Lipinski definition) is 8. The highest BCUT2D eigenvalue weighted by Crippen LogP contribution is 2.34. The number of nitrogens with one attached hydrogen (secondary N) is 2. The largest absolute Gasteiger partial charge is 0.507 e. The Kier molecular flexibility index (Phi) is 7.16. The molecule has 200 valence electrons. The summed E-state index contributed by atoms with van der Waals surface area (Å²) in [5.74, 6) is -0.383. The summed E-state index contributed by atoms with van der Waals surface area (Å²) in [5.41, 5.74) is 4.72. The minimum Gasteiger partial charge on any atom is -0.507 e. The molecule has 0 bridgehead atoms. The third-order valence-corrected chi connectivity index (χ3v) is 6.87. The lowest BCUT2D eigenvalue weighted by atomic mass is 10.1. The molecule has 1 aromatic heterocycles. The van der Waals surface area contributed by atoms with Crippen molar-refractivity contribution in [3.05, 3.63) is 75.3 Å². The van der Waals surface area contributed by atoms with Gasteiger partial charge in [-0.15, -0.1) is 0 Å². The SMILES string of the molecule is Cc1cc(C)c2oc(-c3ccc(NC(=S)NC(=O)c4ccc(N5CCCCC5)c([N+](=O)[O-])c4)cc3O)nc2c1. The van der Waals surface area contributed by atoms with Crippen LogP contribution in [0.3, 0.4) is 0 Å². The monoisotopic (exact) mass is 545 g/mol. The zero-order valence-corrected chi connectivity index (χ0v) is 22.3. The molecular weight excluding hydrogens is 518 g/mol. The van der Waals surface area contributed by atoms with Crippen LogP contribution < -0.4 is 15.5 Å². The third kappa shape index (κ3) is 5.53. The lowest BCUT2D eigenvalue weighted by molar-refractivity contribution is -0.384. The molecule has 0 unspecified atom stereocenters. The van der Waals surface area contributed by atoms with E-state index < -0.39 is 10.8 Å². The quantitative estimate of drug-likeness (QED) is 0.161. The molecule has 1 amide bonds. The van der Waals surface area contributed by atoms with Gasteiger partial charge in [0.2, 0.25) is 5.89 Å². The van der Waals surface area contributed by atoms with Gasteiger partial charge in [0.1, 0.15) is 17.0 Å². The number of phenolic OH excluding ortho intramolecular Hbond substituents is 1. The van der Waals surface area contributed by atoms with Gasteiger partial charge in [0, 0.05) is 36.5 Å². The van der Waals surface area contributed by atoms with Crippen LogP contribution >= 0.6 is 12.2 Å². The van der Waals surface area contributed by atoms with Crippen LogP contribution in [0.15, 0.2) is 52.9 Å². The smallest absolute Gasteiger partial charge is 0.293 e. The topological polar surface area (TPSA) is 134 Å². The number of anilines is 2. The molecule has 3 N–H and O–H groups in total. The average Bonchev–Trinajstić information content (AvgIpc) is 3.33. The van der Waals surface area contributed by atoms with Gasteiger partial charge in [-0.2, -0.15) is 0 Å². The van der Waals surface area contributed by atoms with E-state index in [2.05, 4.69) is 15.6 Å². The molecule has 2 heterocycles. The standard InChI is InChI=1S/C28H27N5O5S/c1-16-12-17(2)25-21(13-16)30-27(38-25)20-8-7-19(15-24(20)34)29-28(39)31-26(35)18-6-9-22(23(14-18)33(36)37)32-10-4-3-5-11-32/h6-9,12-15,34H,3-5,10-11H2,1-2H3,(H2,29,31,35,39). The summed E-state index contributed by atoms with van der Waals surface area (Å²) >= 11 is 5.27. The second kappa shape index (κ2) is 10.7. The summed E-state index contributed by atoms with van der Waals surface area (Å²) in [6.07, 6.45) is 3.06. The van der Waals surface area contributed by atoms with Crippen LogP contribution in [-0.4, -0.2) is 39.1 Å². The van der Waals surface area contributed by atoms with Gasteiger partial charge in [-0.1, -0.05) is 6.07 Å². The number of hydrogen-bond donors (Lipinski definition) is 3. The van der Waals surface area contributed by atoms with Crippen molar-refractivity contribution in [3.8, 4) is 17.2 Å². The Morgan fingerprint density at radius 3 is 2.59 bits per heavy atom. The number of aryl methyl sites for hydroxylation is 2. The molecule has 3 aromatic carbocycles. The molecule has 10 nitrogen and oxygen atoms in total. The van der Waals surface area contributed by atoms with Crippen LogP contribution in [0.25, 0.3) is 22.6 Å². The molecule has 0 aliphatic carbocycles. The molecule has 0 radical (unpaired) electrons. The van der Waals surface area contributed by atoms with Crippen molar-refractivity contribution in [2.24, 2.45) is 0 Å². The maximum atomic E-state index is 12.8. The first-order valence-electron chi connectivity index (χ1n) is 12.6. The number of oxazole rings is 1. The number of piperidine rings is 1. The number of thiocarbonyl (C=S) groups is 1. The molecule has 1 aliphatic rings. The van der Waals surface area contributed by atoms with Crippen molar-refractivity contribution in [1.29, 1.82) is 0 Å². The van der Waals surface area contributed by atoms with Crippen LogP contribution in [0.5, 0.6) is 5.75 Å². The number of fused-ring (bicyclic) bond motifs is 1. The van der Waals surface area contributed by atoms with Gasteiger partial charge < -0.3 is 19.7 Å². The highest BCUT2D eigenvalue weighted by atomic mass is 32.1. The van der Waals surface area contributed by atoms with E-state index in [9.17, 15) is 20.0 Å². The van der Waals surface area contributed by atoms with E-state index >= 15 is 0 Å². The molecule has 4 aromatic rings. The Hall–Kier alpha value is -4.51. The maximum Gasteiger partial charge on any atom is 0.293 e. The normalized spacial score (nSPS) is 13.3. The van der Waals surface area contributed by atoms with Crippen molar-refractivity contribution >= 4 is 51.4 Å². The lowest BCUT2D eigenvalue weighted by Crippen LogP contribution is -2.34. The molecule has 5 rings (SSSR count). The molecule has 11 heteroatoms. The average molecular weight is 546 g/mol. The van der Waals surface area contributed by atoms with Gasteiger partial charge in [-0.3, -0.25) is 20.2 Å². The summed E-state index contributed by atoms with van der Waals surface area (Å²) in [6, 6.07) is 13.1. The number of aromatic nitrogens is 1. The minimum atomic E-state index is -0.584. The lowest BCUT2D eigenvalue weighted by Gasteiger charge is -2.28. The Morgan fingerprint density at radius 1 is 1.10 bits per heavy atom. The first kappa shape index (κ1) is 26.1. The van der Waals surface area contributed by atoms with E-state index in [1.54, 1.807) is 24.3 Å². The highest BCUT2D eigenvalue weighted by Gasteiger charge is 2.23. The van der Waals surface area contributed by atoms with Crippen molar-refractivity contribution < 1.29 is 19.2 Å². The number of benzene rings is 3. The van der Waals surface area contributed by atoms with Gasteiger partial charge in [-0.25, -0.2) is 4.98 Å². The molecule has 1 aliphatic heterocycles. The van der Waals surface area contributed by atoms with Gasteiger partial charge in [-0.05, 0) is 86.8 Å². The predicted molar refractivity (Wildman–Crippen MR) is 153 cm³/mol. The zero-order valence-electron chi connectivity index (χ0n) is 21.5. The highest BCUT2D eigenvalue weighted by molar-refractivity contribution is 7.80. The van der Waals surface area contributed by atoms with Crippen molar-refractivity contribution in [2.45, 2.75) is 33.1 Å². The fraction of sp³-hybridized carbons (Fsp3) is 0.250. The number of carbonyl (C=O) groups excluding carboxylic acids is 1. The number of phenols is 1. The Balaban J connectivity index is 1.28.